The van der Waals surface area contributed by atoms with Crippen molar-refractivity contribution in [2.24, 2.45) is 5.92 Å². The van der Waals surface area contributed by atoms with Crippen LogP contribution < -0.4 is 0 Å². The SMILES string of the molecule is CCN(C(=O)C1CC1)C(C)c1cccc(C(F)(F)F)c1. The molecule has 20 heavy (non-hydrogen) atoms. The van der Waals surface area contributed by atoms with Gasteiger partial charge in [-0.1, -0.05) is 12.1 Å². The molecule has 1 amide bonds. The van der Waals surface area contributed by atoms with E-state index < -0.39 is 11.7 Å². The minimum absolute atomic E-state index is 0.0532. The normalized spacial score (nSPS) is 16.9. The van der Waals surface area contributed by atoms with E-state index in [0.717, 1.165) is 25.0 Å². The molecule has 1 unspecified atom stereocenters. The van der Waals surface area contributed by atoms with Gasteiger partial charge in [-0.2, -0.15) is 13.2 Å². The monoisotopic (exact) mass is 285 g/mol. The zero-order chi connectivity index (χ0) is 14.9. The van der Waals surface area contributed by atoms with Gasteiger partial charge in [-0.05, 0) is 44.4 Å². The highest BCUT2D eigenvalue weighted by molar-refractivity contribution is 5.81. The molecule has 110 valence electrons. The molecule has 2 rings (SSSR count). The quantitative estimate of drug-likeness (QED) is 0.818. The van der Waals surface area contributed by atoms with Crippen LogP contribution in [0.2, 0.25) is 0 Å². The molecular formula is C15H18F3NO. The van der Waals surface area contributed by atoms with Crippen molar-refractivity contribution in [2.45, 2.75) is 38.9 Å². The summed E-state index contributed by atoms with van der Waals surface area (Å²) in [5.41, 5.74) is -0.146. The average Bonchev–Trinajstić information content (AvgIpc) is 3.22. The Bertz CT molecular complexity index is 494. The molecule has 0 heterocycles. The molecule has 2 nitrogen and oxygen atoms in total. The van der Waals surface area contributed by atoms with Gasteiger partial charge in [0.25, 0.3) is 0 Å². The first-order valence-electron chi connectivity index (χ1n) is 6.82. The molecule has 1 aliphatic carbocycles. The molecule has 1 aliphatic rings. The maximum absolute atomic E-state index is 12.7. The van der Waals surface area contributed by atoms with E-state index in [1.54, 1.807) is 17.9 Å². The Balaban J connectivity index is 2.22. The van der Waals surface area contributed by atoms with E-state index in [4.69, 9.17) is 0 Å². The number of hydrogen-bond acceptors (Lipinski definition) is 1. The lowest BCUT2D eigenvalue weighted by Gasteiger charge is -2.29. The zero-order valence-corrected chi connectivity index (χ0v) is 11.6. The van der Waals surface area contributed by atoms with Crippen molar-refractivity contribution in [3.8, 4) is 0 Å². The first-order valence-corrected chi connectivity index (χ1v) is 6.82. The second-order valence-electron chi connectivity index (χ2n) is 5.20. The van der Waals surface area contributed by atoms with Gasteiger partial charge in [-0.3, -0.25) is 4.79 Å². The van der Waals surface area contributed by atoms with E-state index in [1.165, 1.54) is 6.07 Å². The summed E-state index contributed by atoms with van der Waals surface area (Å²) in [6, 6.07) is 4.88. The molecule has 1 atom stereocenters. The fourth-order valence-corrected chi connectivity index (χ4v) is 2.34. The van der Waals surface area contributed by atoms with Crippen LogP contribution >= 0.6 is 0 Å². The third kappa shape index (κ3) is 3.14. The van der Waals surface area contributed by atoms with E-state index in [0.29, 0.717) is 12.1 Å². The highest BCUT2D eigenvalue weighted by Crippen LogP contribution is 2.35. The van der Waals surface area contributed by atoms with Gasteiger partial charge in [0.2, 0.25) is 5.91 Å². The van der Waals surface area contributed by atoms with Gasteiger partial charge >= 0.3 is 6.18 Å². The minimum atomic E-state index is -4.35. The van der Waals surface area contributed by atoms with Crippen LogP contribution in [0.15, 0.2) is 24.3 Å². The predicted molar refractivity (Wildman–Crippen MR) is 70.0 cm³/mol. The molecule has 0 N–H and O–H groups in total. The van der Waals surface area contributed by atoms with E-state index in [2.05, 4.69) is 0 Å². The van der Waals surface area contributed by atoms with Gasteiger partial charge < -0.3 is 4.90 Å². The van der Waals surface area contributed by atoms with Gasteiger partial charge in [-0.25, -0.2) is 0 Å². The molecule has 1 aromatic carbocycles. The molecule has 0 aromatic heterocycles. The van der Waals surface area contributed by atoms with Crippen LogP contribution in [0.5, 0.6) is 0 Å². The number of carbonyl (C=O) groups excluding carboxylic acids is 1. The molecule has 0 aliphatic heterocycles. The lowest BCUT2D eigenvalue weighted by atomic mass is 10.0. The van der Waals surface area contributed by atoms with Crippen LogP contribution in [0, 0.1) is 5.92 Å². The van der Waals surface area contributed by atoms with Gasteiger partial charge in [-0.15, -0.1) is 0 Å². The van der Waals surface area contributed by atoms with Crippen molar-refractivity contribution in [3.05, 3.63) is 35.4 Å². The Hall–Kier alpha value is -1.52. The standard InChI is InChI=1S/C15H18F3NO/c1-3-19(14(20)11-7-8-11)10(2)12-5-4-6-13(9-12)15(16,17)18/h4-6,9-11H,3,7-8H2,1-2H3. The lowest BCUT2D eigenvalue weighted by Crippen LogP contribution is -2.34. The summed E-state index contributed by atoms with van der Waals surface area (Å²) in [5, 5.41) is 0. The highest BCUT2D eigenvalue weighted by atomic mass is 19.4. The Morgan fingerprint density at radius 1 is 1.40 bits per heavy atom. The van der Waals surface area contributed by atoms with Crippen molar-refractivity contribution in [3.63, 3.8) is 0 Å². The van der Waals surface area contributed by atoms with Crippen LogP contribution in [-0.4, -0.2) is 17.4 Å². The first kappa shape index (κ1) is 14.9. The first-order chi connectivity index (χ1) is 9.34. The van der Waals surface area contributed by atoms with Gasteiger partial charge in [0, 0.05) is 12.5 Å². The van der Waals surface area contributed by atoms with Crippen LogP contribution in [0.1, 0.15) is 43.9 Å². The number of amides is 1. The molecular weight excluding hydrogens is 267 g/mol. The minimum Gasteiger partial charge on any atom is -0.336 e. The van der Waals surface area contributed by atoms with Crippen molar-refractivity contribution >= 4 is 5.91 Å². The van der Waals surface area contributed by atoms with Gasteiger partial charge in [0.15, 0.2) is 0 Å². The molecule has 1 aromatic rings. The van der Waals surface area contributed by atoms with Crippen LogP contribution in [-0.2, 0) is 11.0 Å². The number of hydrogen-bond donors (Lipinski definition) is 0. The highest BCUT2D eigenvalue weighted by Gasteiger charge is 2.35. The molecule has 1 fully saturated rings. The van der Waals surface area contributed by atoms with Crippen molar-refractivity contribution in [1.82, 2.24) is 4.90 Å². The van der Waals surface area contributed by atoms with E-state index in [-0.39, 0.29) is 17.9 Å². The summed E-state index contributed by atoms with van der Waals surface area (Å²) in [4.78, 5) is 13.8. The number of rotatable bonds is 4. The smallest absolute Gasteiger partial charge is 0.336 e. The fraction of sp³-hybridized carbons (Fsp3) is 0.533. The van der Waals surface area contributed by atoms with Crippen molar-refractivity contribution in [1.29, 1.82) is 0 Å². The Morgan fingerprint density at radius 3 is 2.55 bits per heavy atom. The van der Waals surface area contributed by atoms with E-state index in [9.17, 15) is 18.0 Å². The Kier molecular flexibility index (Phi) is 4.06. The number of carbonyl (C=O) groups is 1. The van der Waals surface area contributed by atoms with Crippen molar-refractivity contribution in [2.75, 3.05) is 6.54 Å². The molecule has 0 radical (unpaired) electrons. The molecule has 0 bridgehead atoms. The number of nitrogens with zero attached hydrogens (tertiary/aromatic N) is 1. The molecule has 5 heteroatoms. The second kappa shape index (κ2) is 5.46. The number of halogens is 3. The zero-order valence-electron chi connectivity index (χ0n) is 11.6. The maximum Gasteiger partial charge on any atom is 0.416 e. The largest absolute Gasteiger partial charge is 0.416 e. The van der Waals surface area contributed by atoms with E-state index >= 15 is 0 Å². The predicted octanol–water partition coefficient (Wildman–Crippen LogP) is 4.02. The fourth-order valence-electron chi connectivity index (χ4n) is 2.34. The third-order valence-electron chi connectivity index (χ3n) is 3.71. The second-order valence-corrected chi connectivity index (χ2v) is 5.20. The summed E-state index contributed by atoms with van der Waals surface area (Å²) in [6.07, 6.45) is -2.57. The van der Waals surface area contributed by atoms with Gasteiger partial charge in [0.05, 0.1) is 11.6 Å². The van der Waals surface area contributed by atoms with Crippen LogP contribution in [0.25, 0.3) is 0 Å². The van der Waals surface area contributed by atoms with E-state index in [1.807, 2.05) is 6.92 Å². The topological polar surface area (TPSA) is 20.3 Å². The van der Waals surface area contributed by atoms with Gasteiger partial charge in [0.1, 0.15) is 0 Å². The van der Waals surface area contributed by atoms with Crippen molar-refractivity contribution < 1.29 is 18.0 Å². The number of benzene rings is 1. The summed E-state index contributed by atoms with van der Waals surface area (Å²) >= 11 is 0. The maximum atomic E-state index is 12.7. The molecule has 1 saturated carbocycles. The third-order valence-corrected chi connectivity index (χ3v) is 3.71. The summed E-state index contributed by atoms with van der Waals surface area (Å²) in [6.45, 7) is 4.14. The summed E-state index contributed by atoms with van der Waals surface area (Å²) < 4.78 is 38.2. The summed E-state index contributed by atoms with van der Waals surface area (Å²) in [7, 11) is 0. The van der Waals surface area contributed by atoms with Crippen LogP contribution in [0.4, 0.5) is 13.2 Å². The summed E-state index contributed by atoms with van der Waals surface area (Å²) in [5.74, 6) is 0.126. The molecule has 0 saturated heterocycles. The Morgan fingerprint density at radius 2 is 2.05 bits per heavy atom. The number of alkyl halides is 3. The average molecular weight is 285 g/mol. The molecule has 0 spiro atoms. The van der Waals surface area contributed by atoms with Crippen LogP contribution in [0.3, 0.4) is 0 Å². The lowest BCUT2D eigenvalue weighted by molar-refractivity contribution is -0.137. The Labute approximate surface area is 116 Å².